The second kappa shape index (κ2) is 8.61. The van der Waals surface area contributed by atoms with E-state index in [1.54, 1.807) is 12.2 Å². The van der Waals surface area contributed by atoms with Gasteiger partial charge in [-0.25, -0.2) is 5.06 Å². The van der Waals surface area contributed by atoms with Gasteiger partial charge in [0.1, 0.15) is 6.07 Å². The Morgan fingerprint density at radius 3 is 2.48 bits per heavy atom. The molecule has 0 bridgehead atoms. The Morgan fingerprint density at radius 2 is 1.96 bits per heavy atom. The molecule has 2 rings (SSSR count). The van der Waals surface area contributed by atoms with E-state index in [1.807, 2.05) is 56.3 Å². The first kappa shape index (κ1) is 18.9. The minimum absolute atomic E-state index is 0.0751. The molecule has 0 saturated carbocycles. The lowest BCUT2D eigenvalue weighted by Crippen LogP contribution is -2.40. The van der Waals surface area contributed by atoms with Crippen molar-refractivity contribution in [2.24, 2.45) is 5.92 Å². The molecule has 1 aromatic rings. The first-order valence-electron chi connectivity index (χ1n) is 8.41. The molecule has 1 amide bonds. The van der Waals surface area contributed by atoms with E-state index >= 15 is 0 Å². The summed E-state index contributed by atoms with van der Waals surface area (Å²) in [7, 11) is 0. The molecule has 1 aliphatic rings. The molecule has 1 unspecified atom stereocenters. The van der Waals surface area contributed by atoms with Gasteiger partial charge in [0, 0.05) is 5.92 Å². The van der Waals surface area contributed by atoms with Crippen LogP contribution in [0.1, 0.15) is 31.7 Å². The minimum Gasteiger partial charge on any atom is -0.351 e. The summed E-state index contributed by atoms with van der Waals surface area (Å²) in [5.41, 5.74) is -0.0359. The number of allylic oxidation sites excluding steroid dienone is 2. The molecule has 1 N–H and O–H groups in total. The van der Waals surface area contributed by atoms with Crippen molar-refractivity contribution < 1.29 is 14.7 Å². The van der Waals surface area contributed by atoms with Crippen LogP contribution < -0.4 is 0 Å². The molecule has 1 atom stereocenters. The Labute approximate surface area is 148 Å². The average Bonchev–Trinajstić information content (AvgIpc) is 2.65. The molecule has 25 heavy (non-hydrogen) atoms. The fourth-order valence-electron chi connectivity index (χ4n) is 2.83. The van der Waals surface area contributed by atoms with Gasteiger partial charge in [-0.2, -0.15) is 5.26 Å². The number of ether oxygens (including phenoxy) is 1. The fraction of sp³-hybridized carbons (Fsp3) is 0.400. The van der Waals surface area contributed by atoms with Crippen LogP contribution in [0.3, 0.4) is 0 Å². The molecule has 0 saturated heterocycles. The second-order valence-electron chi connectivity index (χ2n) is 6.64. The Kier molecular flexibility index (Phi) is 6.51. The van der Waals surface area contributed by atoms with E-state index in [0.717, 1.165) is 5.56 Å². The van der Waals surface area contributed by atoms with E-state index in [-0.39, 0.29) is 18.4 Å². The van der Waals surface area contributed by atoms with Gasteiger partial charge in [0.25, 0.3) is 0 Å². The molecule has 5 heteroatoms. The molecular weight excluding hydrogens is 316 g/mol. The minimum atomic E-state index is -1.18. The van der Waals surface area contributed by atoms with E-state index in [4.69, 9.17) is 4.74 Å². The Hall–Kier alpha value is -2.42. The maximum atomic E-state index is 10.9. The zero-order valence-corrected chi connectivity index (χ0v) is 14.6. The van der Waals surface area contributed by atoms with Crippen molar-refractivity contribution in [1.29, 1.82) is 5.26 Å². The number of carbonyl (C=O) groups excluding carboxylic acids is 1. The molecule has 0 spiro atoms. The molecular formula is C20H24N2O3. The summed E-state index contributed by atoms with van der Waals surface area (Å²) in [5.74, 6) is 0.378. The second-order valence-corrected chi connectivity index (χ2v) is 6.64. The van der Waals surface area contributed by atoms with Gasteiger partial charge in [0.05, 0.1) is 12.6 Å². The van der Waals surface area contributed by atoms with Crippen LogP contribution in [0.5, 0.6) is 0 Å². The summed E-state index contributed by atoms with van der Waals surface area (Å²) < 4.78 is 5.79. The van der Waals surface area contributed by atoms with Gasteiger partial charge in [0.2, 0.25) is 6.41 Å². The predicted molar refractivity (Wildman–Crippen MR) is 94.7 cm³/mol. The van der Waals surface area contributed by atoms with Crippen LogP contribution in [0.2, 0.25) is 0 Å². The zero-order valence-electron chi connectivity index (χ0n) is 14.6. The lowest BCUT2D eigenvalue weighted by molar-refractivity contribution is -0.169. The van der Waals surface area contributed by atoms with Gasteiger partial charge >= 0.3 is 0 Å². The van der Waals surface area contributed by atoms with Crippen LogP contribution in [0.4, 0.5) is 0 Å². The SMILES string of the molecule is CC(C)CC(COC1(C#N)C=CC(c2ccccc2)C=C1)N(O)C=O. The number of amides is 1. The normalized spacial score (nSPS) is 23.2. The standard InChI is InChI=1S/C20H24N2O3/c1-16(2)12-19(22(24)15-23)13-25-20(14-21)10-8-18(9-11-20)17-6-4-3-5-7-17/h3-11,15-16,18-19,24H,12-13H2,1-2H3. The number of hydrogen-bond donors (Lipinski definition) is 1. The van der Waals surface area contributed by atoms with Crippen LogP contribution in [0.15, 0.2) is 54.6 Å². The third-order valence-corrected chi connectivity index (χ3v) is 4.20. The summed E-state index contributed by atoms with van der Waals surface area (Å²) in [4.78, 5) is 10.9. The summed E-state index contributed by atoms with van der Waals surface area (Å²) in [6, 6.07) is 11.7. The number of benzene rings is 1. The number of nitrogens with zero attached hydrogens (tertiary/aromatic N) is 2. The molecule has 0 heterocycles. The van der Waals surface area contributed by atoms with Crippen molar-refractivity contribution in [2.45, 2.75) is 37.8 Å². The van der Waals surface area contributed by atoms with Gasteiger partial charge in [-0.1, -0.05) is 56.3 Å². The number of carbonyl (C=O) groups is 1. The van der Waals surface area contributed by atoms with Crippen LogP contribution in [-0.2, 0) is 9.53 Å². The van der Waals surface area contributed by atoms with Gasteiger partial charge in [0.15, 0.2) is 5.60 Å². The quantitative estimate of drug-likeness (QED) is 0.340. The monoisotopic (exact) mass is 340 g/mol. The molecule has 0 radical (unpaired) electrons. The van der Waals surface area contributed by atoms with Crippen molar-refractivity contribution >= 4 is 6.41 Å². The third-order valence-electron chi connectivity index (χ3n) is 4.20. The summed E-state index contributed by atoms with van der Waals surface area (Å²) in [5, 5.41) is 19.9. The summed E-state index contributed by atoms with van der Waals surface area (Å²) in [6.07, 6.45) is 8.29. The van der Waals surface area contributed by atoms with Crippen LogP contribution in [0, 0.1) is 17.2 Å². The Balaban J connectivity index is 2.06. The van der Waals surface area contributed by atoms with E-state index in [1.165, 1.54) is 0 Å². The number of nitriles is 1. The van der Waals surface area contributed by atoms with Crippen LogP contribution >= 0.6 is 0 Å². The molecule has 1 aromatic carbocycles. The fourth-order valence-corrected chi connectivity index (χ4v) is 2.83. The molecule has 0 fully saturated rings. The number of rotatable bonds is 8. The predicted octanol–water partition coefficient (Wildman–Crippen LogP) is 3.44. The molecule has 5 nitrogen and oxygen atoms in total. The molecule has 132 valence electrons. The first-order valence-corrected chi connectivity index (χ1v) is 8.41. The highest BCUT2D eigenvalue weighted by Crippen LogP contribution is 2.29. The maximum Gasteiger partial charge on any atom is 0.233 e. The lowest BCUT2D eigenvalue weighted by atomic mass is 9.89. The topological polar surface area (TPSA) is 73.6 Å². The highest BCUT2D eigenvalue weighted by molar-refractivity contribution is 5.45. The van der Waals surface area contributed by atoms with E-state index < -0.39 is 11.6 Å². The van der Waals surface area contributed by atoms with E-state index in [2.05, 4.69) is 6.07 Å². The zero-order chi connectivity index (χ0) is 18.3. The van der Waals surface area contributed by atoms with Gasteiger partial charge < -0.3 is 4.74 Å². The number of hydrogen-bond acceptors (Lipinski definition) is 4. The lowest BCUT2D eigenvalue weighted by Gasteiger charge is -2.29. The highest BCUT2D eigenvalue weighted by Gasteiger charge is 2.30. The Morgan fingerprint density at radius 1 is 1.32 bits per heavy atom. The highest BCUT2D eigenvalue weighted by atomic mass is 16.5. The third kappa shape index (κ3) is 5.02. The summed E-state index contributed by atoms with van der Waals surface area (Å²) in [6.45, 7) is 4.07. The number of hydroxylamine groups is 2. The van der Waals surface area contributed by atoms with Gasteiger partial charge in [-0.3, -0.25) is 10.0 Å². The van der Waals surface area contributed by atoms with Crippen LogP contribution in [-0.4, -0.2) is 34.9 Å². The van der Waals surface area contributed by atoms with Crippen molar-refractivity contribution in [1.82, 2.24) is 5.06 Å². The largest absolute Gasteiger partial charge is 0.351 e. The van der Waals surface area contributed by atoms with Crippen molar-refractivity contribution in [3.05, 3.63) is 60.2 Å². The first-order chi connectivity index (χ1) is 12.0. The van der Waals surface area contributed by atoms with E-state index in [0.29, 0.717) is 17.9 Å². The summed E-state index contributed by atoms with van der Waals surface area (Å²) >= 11 is 0. The average molecular weight is 340 g/mol. The van der Waals surface area contributed by atoms with Crippen molar-refractivity contribution in [3.8, 4) is 6.07 Å². The van der Waals surface area contributed by atoms with Gasteiger partial charge in [-0.05, 0) is 30.1 Å². The van der Waals surface area contributed by atoms with Crippen LogP contribution in [0.25, 0.3) is 0 Å². The maximum absolute atomic E-state index is 10.9. The van der Waals surface area contributed by atoms with Gasteiger partial charge in [-0.15, -0.1) is 0 Å². The smallest absolute Gasteiger partial charge is 0.233 e. The molecule has 1 aliphatic carbocycles. The van der Waals surface area contributed by atoms with Crippen molar-refractivity contribution in [3.63, 3.8) is 0 Å². The van der Waals surface area contributed by atoms with E-state index in [9.17, 15) is 15.3 Å². The molecule has 0 aliphatic heterocycles. The Bertz CT molecular complexity index is 647. The van der Waals surface area contributed by atoms with Crippen molar-refractivity contribution in [2.75, 3.05) is 6.61 Å². The molecule has 0 aromatic heterocycles.